The molecular formula is C7H11ClN6O. The minimum absolute atomic E-state index is 0.0323. The first-order valence-electron chi connectivity index (χ1n) is 4.24. The van der Waals surface area contributed by atoms with Gasteiger partial charge in [-0.15, -0.1) is 11.6 Å². The molecule has 5 N–H and O–H groups in total. The lowest BCUT2D eigenvalue weighted by Gasteiger charge is -2.03. The average molecular weight is 231 g/mol. The molecule has 0 aliphatic carbocycles. The van der Waals surface area contributed by atoms with Gasteiger partial charge in [-0.1, -0.05) is 0 Å². The molecule has 0 saturated heterocycles. The first-order valence-corrected chi connectivity index (χ1v) is 4.78. The number of halogens is 1. The summed E-state index contributed by atoms with van der Waals surface area (Å²) in [4.78, 5) is 22.2. The summed E-state index contributed by atoms with van der Waals surface area (Å²) in [6.07, 6.45) is 0.887. The fourth-order valence-electron chi connectivity index (χ4n) is 0.880. The predicted molar refractivity (Wildman–Crippen MR) is 57.2 cm³/mol. The quantitative estimate of drug-likeness (QED) is 0.626. The van der Waals surface area contributed by atoms with Gasteiger partial charge in [-0.25, -0.2) is 0 Å². The number of carbonyl (C=O) groups is 1. The maximum Gasteiger partial charge on any atom is 0.236 e. The Bertz CT molecular complexity index is 337. The molecule has 8 heteroatoms. The summed E-state index contributed by atoms with van der Waals surface area (Å²) in [5, 5.41) is 2.44. The average Bonchev–Trinajstić information content (AvgIpc) is 2.13. The molecule has 0 aromatic carbocycles. The molecule has 1 rings (SSSR count). The van der Waals surface area contributed by atoms with Gasteiger partial charge in [0, 0.05) is 12.3 Å². The summed E-state index contributed by atoms with van der Waals surface area (Å²) in [6.45, 7) is 0. The van der Waals surface area contributed by atoms with Crippen LogP contribution < -0.4 is 16.8 Å². The largest absolute Gasteiger partial charge is 0.368 e. The summed E-state index contributed by atoms with van der Waals surface area (Å²) in [5.74, 6) is 0.181. The molecule has 0 fully saturated rings. The van der Waals surface area contributed by atoms with E-state index in [9.17, 15) is 4.79 Å². The fraction of sp³-hybridized carbons (Fsp3) is 0.429. The van der Waals surface area contributed by atoms with Crippen LogP contribution in [0.1, 0.15) is 12.8 Å². The molecule has 82 valence electrons. The van der Waals surface area contributed by atoms with Crippen LogP contribution in [0.25, 0.3) is 0 Å². The number of carbonyl (C=O) groups excluding carboxylic acids is 1. The van der Waals surface area contributed by atoms with Gasteiger partial charge in [0.1, 0.15) is 0 Å². The normalized spacial score (nSPS) is 9.93. The van der Waals surface area contributed by atoms with Gasteiger partial charge in [0.05, 0.1) is 0 Å². The van der Waals surface area contributed by atoms with Crippen molar-refractivity contribution in [3.05, 3.63) is 0 Å². The smallest absolute Gasteiger partial charge is 0.236 e. The first kappa shape index (κ1) is 11.4. The zero-order valence-corrected chi connectivity index (χ0v) is 8.66. The van der Waals surface area contributed by atoms with Crippen LogP contribution in [-0.2, 0) is 4.79 Å². The standard InChI is InChI=1S/C7H11ClN6O/c8-3-1-2-4(15)11-7-13-5(9)12-6(10)14-7/h1-3H2,(H5,9,10,11,12,13,14,15). The van der Waals surface area contributed by atoms with Crippen LogP contribution in [0, 0.1) is 0 Å². The third kappa shape index (κ3) is 3.94. The molecule has 1 aromatic heterocycles. The predicted octanol–water partition coefficient (Wildman–Crippen LogP) is -0.00650. The van der Waals surface area contributed by atoms with Crippen molar-refractivity contribution in [1.29, 1.82) is 0 Å². The summed E-state index contributed by atoms with van der Waals surface area (Å²) < 4.78 is 0. The molecular weight excluding hydrogens is 220 g/mol. The molecule has 0 bridgehead atoms. The Balaban J connectivity index is 2.60. The molecule has 7 nitrogen and oxygen atoms in total. The number of hydrogen-bond donors (Lipinski definition) is 3. The number of amides is 1. The Morgan fingerprint density at radius 2 is 1.87 bits per heavy atom. The molecule has 0 spiro atoms. The lowest BCUT2D eigenvalue weighted by molar-refractivity contribution is -0.116. The monoisotopic (exact) mass is 230 g/mol. The lowest BCUT2D eigenvalue weighted by Crippen LogP contribution is -2.15. The van der Waals surface area contributed by atoms with Crippen molar-refractivity contribution in [2.24, 2.45) is 0 Å². The second-order valence-electron chi connectivity index (χ2n) is 2.72. The number of rotatable bonds is 4. The minimum Gasteiger partial charge on any atom is -0.368 e. The Hall–Kier alpha value is -1.63. The molecule has 0 aliphatic heterocycles. The number of nitrogen functional groups attached to an aromatic ring is 2. The molecule has 0 atom stereocenters. The maximum atomic E-state index is 11.2. The van der Waals surface area contributed by atoms with Gasteiger partial charge in [-0.05, 0) is 6.42 Å². The Labute approximate surface area is 91.2 Å². The van der Waals surface area contributed by atoms with E-state index in [2.05, 4.69) is 20.3 Å². The SMILES string of the molecule is Nc1nc(N)nc(NC(=O)CCCCl)n1. The number of alkyl halides is 1. The van der Waals surface area contributed by atoms with Crippen molar-refractivity contribution >= 4 is 35.4 Å². The molecule has 1 aromatic rings. The van der Waals surface area contributed by atoms with Crippen LogP contribution in [0.5, 0.6) is 0 Å². The lowest BCUT2D eigenvalue weighted by atomic mass is 10.3. The van der Waals surface area contributed by atoms with Gasteiger partial charge in [-0.2, -0.15) is 15.0 Å². The molecule has 15 heavy (non-hydrogen) atoms. The van der Waals surface area contributed by atoms with Crippen molar-refractivity contribution in [1.82, 2.24) is 15.0 Å². The van der Waals surface area contributed by atoms with Gasteiger partial charge in [0.15, 0.2) is 0 Å². The van der Waals surface area contributed by atoms with E-state index in [0.717, 1.165) is 0 Å². The van der Waals surface area contributed by atoms with Crippen LogP contribution in [0.2, 0.25) is 0 Å². The van der Waals surface area contributed by atoms with Crippen LogP contribution in [0.3, 0.4) is 0 Å². The van der Waals surface area contributed by atoms with E-state index in [-0.39, 0.29) is 23.8 Å². The Morgan fingerprint density at radius 1 is 1.27 bits per heavy atom. The van der Waals surface area contributed by atoms with Crippen molar-refractivity contribution in [2.45, 2.75) is 12.8 Å². The van der Waals surface area contributed by atoms with E-state index in [0.29, 0.717) is 18.7 Å². The van der Waals surface area contributed by atoms with Gasteiger partial charge >= 0.3 is 0 Å². The van der Waals surface area contributed by atoms with Crippen LogP contribution in [-0.4, -0.2) is 26.7 Å². The number of anilines is 3. The van der Waals surface area contributed by atoms with E-state index < -0.39 is 0 Å². The number of hydrogen-bond acceptors (Lipinski definition) is 6. The van der Waals surface area contributed by atoms with Gasteiger partial charge in [0.25, 0.3) is 0 Å². The van der Waals surface area contributed by atoms with Crippen molar-refractivity contribution < 1.29 is 4.79 Å². The second-order valence-corrected chi connectivity index (χ2v) is 3.09. The number of nitrogens with one attached hydrogen (secondary N) is 1. The fourth-order valence-corrected chi connectivity index (χ4v) is 1.01. The zero-order valence-electron chi connectivity index (χ0n) is 7.90. The van der Waals surface area contributed by atoms with Crippen LogP contribution in [0.15, 0.2) is 0 Å². The van der Waals surface area contributed by atoms with E-state index in [1.807, 2.05) is 0 Å². The van der Waals surface area contributed by atoms with Crippen molar-refractivity contribution in [3.63, 3.8) is 0 Å². The second kappa shape index (κ2) is 5.30. The Kier molecular flexibility index (Phi) is 4.04. The van der Waals surface area contributed by atoms with Crippen molar-refractivity contribution in [3.8, 4) is 0 Å². The van der Waals surface area contributed by atoms with E-state index in [4.69, 9.17) is 23.1 Å². The highest BCUT2D eigenvalue weighted by Gasteiger charge is 2.06. The van der Waals surface area contributed by atoms with E-state index >= 15 is 0 Å². The van der Waals surface area contributed by atoms with Crippen molar-refractivity contribution in [2.75, 3.05) is 22.7 Å². The van der Waals surface area contributed by atoms with Crippen LogP contribution >= 0.6 is 11.6 Å². The third-order valence-corrected chi connectivity index (χ3v) is 1.73. The van der Waals surface area contributed by atoms with E-state index in [1.165, 1.54) is 0 Å². The summed E-state index contributed by atoms with van der Waals surface area (Å²) >= 11 is 5.44. The highest BCUT2D eigenvalue weighted by Crippen LogP contribution is 2.04. The topological polar surface area (TPSA) is 120 Å². The molecule has 0 unspecified atom stereocenters. The van der Waals surface area contributed by atoms with Gasteiger partial charge in [0.2, 0.25) is 23.8 Å². The molecule has 0 radical (unpaired) electrons. The summed E-state index contributed by atoms with van der Waals surface area (Å²) in [7, 11) is 0. The van der Waals surface area contributed by atoms with Crippen LogP contribution in [0.4, 0.5) is 17.8 Å². The number of nitrogens with two attached hydrogens (primary N) is 2. The number of aromatic nitrogens is 3. The number of nitrogens with zero attached hydrogens (tertiary/aromatic N) is 3. The van der Waals surface area contributed by atoms with E-state index in [1.54, 1.807) is 0 Å². The maximum absolute atomic E-state index is 11.2. The molecule has 1 heterocycles. The van der Waals surface area contributed by atoms with Gasteiger partial charge in [-0.3, -0.25) is 10.1 Å². The summed E-state index contributed by atoms with van der Waals surface area (Å²) in [5.41, 5.74) is 10.6. The minimum atomic E-state index is -0.236. The summed E-state index contributed by atoms with van der Waals surface area (Å²) in [6, 6.07) is 0. The molecule has 1 amide bonds. The van der Waals surface area contributed by atoms with Gasteiger partial charge < -0.3 is 11.5 Å². The highest BCUT2D eigenvalue weighted by atomic mass is 35.5. The molecule has 0 saturated carbocycles. The third-order valence-electron chi connectivity index (χ3n) is 1.46. The Morgan fingerprint density at radius 3 is 2.40 bits per heavy atom. The zero-order chi connectivity index (χ0) is 11.3. The first-order chi connectivity index (χ1) is 7.11. The molecule has 0 aliphatic rings. The highest BCUT2D eigenvalue weighted by molar-refractivity contribution is 6.18.